The van der Waals surface area contributed by atoms with Gasteiger partial charge in [0, 0.05) is 10.8 Å². The molecule has 3 aromatic rings. The topological polar surface area (TPSA) is 84.8 Å². The number of benzene rings is 2. The van der Waals surface area contributed by atoms with E-state index in [2.05, 4.69) is 10.5 Å². The summed E-state index contributed by atoms with van der Waals surface area (Å²) in [6.07, 6.45) is 0. The van der Waals surface area contributed by atoms with E-state index in [1.807, 2.05) is 0 Å². The zero-order valence-electron chi connectivity index (χ0n) is 12.9. The Morgan fingerprint density at radius 3 is 2.12 bits per heavy atom. The summed E-state index contributed by atoms with van der Waals surface area (Å²) in [6.45, 7) is 2.04. The normalized spacial score (nSPS) is 10.5. The van der Waals surface area contributed by atoms with E-state index in [-0.39, 0.29) is 5.36 Å². The Kier molecular flexibility index (Phi) is 4.20. The molecular weight excluding hydrogens is 308 g/mol. The Morgan fingerprint density at radius 1 is 1.00 bits per heavy atom. The summed E-state index contributed by atoms with van der Waals surface area (Å²) in [5.41, 5.74) is 2.84. The molecule has 0 radical (unpaired) electrons. The predicted octanol–water partition coefficient (Wildman–Crippen LogP) is 1.54. The van der Waals surface area contributed by atoms with Gasteiger partial charge in [-0.3, -0.25) is 15.0 Å². The first kappa shape index (κ1) is 15.6. The molecule has 0 amide bonds. The zero-order valence-corrected chi connectivity index (χ0v) is 12.9. The number of nitrogens with zero attached hydrogens (tertiary/aromatic N) is 1. The van der Waals surface area contributed by atoms with Crippen molar-refractivity contribution in [2.45, 2.75) is 6.92 Å². The van der Waals surface area contributed by atoms with Gasteiger partial charge in [-0.1, -0.05) is 24.3 Å². The molecule has 0 heterocycles. The van der Waals surface area contributed by atoms with Crippen molar-refractivity contribution in [3.05, 3.63) is 79.9 Å². The lowest BCUT2D eigenvalue weighted by Gasteiger charge is -2.03. The first-order chi connectivity index (χ1) is 11.6. The minimum absolute atomic E-state index is 0.148. The van der Waals surface area contributed by atoms with Gasteiger partial charge >= 0.3 is 5.97 Å². The molecule has 0 aliphatic rings. The van der Waals surface area contributed by atoms with E-state index in [4.69, 9.17) is 4.74 Å². The fourth-order valence-corrected chi connectivity index (χ4v) is 2.35. The number of esters is 1. The summed E-state index contributed by atoms with van der Waals surface area (Å²) < 4.78 is 4.90. The van der Waals surface area contributed by atoms with Crippen LogP contribution in [0, 0.1) is 0 Å². The van der Waals surface area contributed by atoms with Crippen LogP contribution < -0.4 is 21.6 Å². The minimum Gasteiger partial charge on any atom is -0.462 e. The van der Waals surface area contributed by atoms with E-state index in [1.165, 1.54) is 0 Å². The maximum absolute atomic E-state index is 12.2. The van der Waals surface area contributed by atoms with E-state index in [0.29, 0.717) is 28.6 Å². The molecule has 6 heteroatoms. The average Bonchev–Trinajstić information content (AvgIpc) is 2.85. The maximum Gasteiger partial charge on any atom is 0.338 e. The highest BCUT2D eigenvalue weighted by molar-refractivity contribution is 5.89. The van der Waals surface area contributed by atoms with Gasteiger partial charge in [0.25, 0.3) is 0 Å². The lowest BCUT2D eigenvalue weighted by atomic mass is 10.2. The van der Waals surface area contributed by atoms with Crippen LogP contribution in [0.1, 0.15) is 17.3 Å². The number of nitrogens with one attached hydrogen (secondary N) is 1. The van der Waals surface area contributed by atoms with Gasteiger partial charge in [0.05, 0.1) is 17.9 Å². The summed E-state index contributed by atoms with van der Waals surface area (Å²) in [6, 6.07) is 13.0. The fraction of sp³-hybridized carbons (Fsp3) is 0.111. The number of hydrogen-bond donors (Lipinski definition) is 1. The highest BCUT2D eigenvalue weighted by Crippen LogP contribution is 2.10. The molecule has 3 aromatic carbocycles. The molecule has 0 bridgehead atoms. The predicted molar refractivity (Wildman–Crippen MR) is 90.4 cm³/mol. The monoisotopic (exact) mass is 322 g/mol. The minimum atomic E-state index is -0.410. The van der Waals surface area contributed by atoms with Gasteiger partial charge in [-0.2, -0.15) is 5.10 Å². The highest BCUT2D eigenvalue weighted by Gasteiger charge is 2.10. The third-order valence-electron chi connectivity index (χ3n) is 3.54. The van der Waals surface area contributed by atoms with E-state index >= 15 is 0 Å². The number of hydrogen-bond acceptors (Lipinski definition) is 6. The van der Waals surface area contributed by atoms with Crippen LogP contribution in [0.5, 0.6) is 0 Å². The Labute approximate surface area is 136 Å². The standard InChI is InChI=1S/C18H14N2O4/c1-2-24-18(23)11-7-9-12(10-8-11)19-20-15-16(21)13-5-3-4-6-14(13)17(15)22/h3-10,19H,2H2,1H3. The number of rotatable bonds is 4. The van der Waals surface area contributed by atoms with Gasteiger partial charge in [-0.15, -0.1) is 0 Å². The van der Waals surface area contributed by atoms with Crippen molar-refractivity contribution in [2.75, 3.05) is 12.0 Å². The molecule has 0 saturated carbocycles. The first-order valence-electron chi connectivity index (χ1n) is 7.41. The van der Waals surface area contributed by atoms with E-state index in [0.717, 1.165) is 0 Å². The van der Waals surface area contributed by atoms with Crippen molar-refractivity contribution in [3.63, 3.8) is 0 Å². The lowest BCUT2D eigenvalue weighted by molar-refractivity contribution is 0.0526. The maximum atomic E-state index is 12.2. The SMILES string of the molecule is CCOC(=O)c1ccc(NN=c2c(=O)c3ccccc3c2=O)cc1. The largest absolute Gasteiger partial charge is 0.462 e. The van der Waals surface area contributed by atoms with Gasteiger partial charge in [-0.05, 0) is 31.2 Å². The summed E-state index contributed by atoms with van der Waals surface area (Å²) in [4.78, 5) is 36.0. The summed E-state index contributed by atoms with van der Waals surface area (Å²) >= 11 is 0. The molecule has 6 nitrogen and oxygen atoms in total. The molecule has 0 atom stereocenters. The lowest BCUT2D eigenvalue weighted by Crippen LogP contribution is -2.32. The van der Waals surface area contributed by atoms with Crippen LogP contribution in [0.25, 0.3) is 10.8 Å². The number of carbonyl (C=O) groups excluding carboxylic acids is 1. The van der Waals surface area contributed by atoms with Crippen LogP contribution >= 0.6 is 0 Å². The fourth-order valence-electron chi connectivity index (χ4n) is 2.35. The smallest absolute Gasteiger partial charge is 0.338 e. The van der Waals surface area contributed by atoms with Crippen LogP contribution in [-0.4, -0.2) is 12.6 Å². The molecule has 0 unspecified atom stereocenters. The zero-order chi connectivity index (χ0) is 17.1. The number of carbonyl (C=O) groups is 1. The Hall–Kier alpha value is -3.28. The summed E-state index contributed by atoms with van der Waals surface area (Å²) in [5.74, 6) is -0.410. The first-order valence-corrected chi connectivity index (χ1v) is 7.41. The molecule has 0 fully saturated rings. The Morgan fingerprint density at radius 2 is 1.58 bits per heavy atom. The van der Waals surface area contributed by atoms with E-state index in [1.54, 1.807) is 55.5 Å². The van der Waals surface area contributed by atoms with Crippen LogP contribution in [0.15, 0.2) is 63.2 Å². The van der Waals surface area contributed by atoms with E-state index in [9.17, 15) is 14.4 Å². The molecule has 120 valence electrons. The molecule has 24 heavy (non-hydrogen) atoms. The molecular formula is C18H14N2O4. The van der Waals surface area contributed by atoms with Crippen molar-refractivity contribution in [1.82, 2.24) is 0 Å². The second-order valence-corrected chi connectivity index (χ2v) is 5.07. The highest BCUT2D eigenvalue weighted by atomic mass is 16.5. The van der Waals surface area contributed by atoms with Crippen molar-refractivity contribution in [2.24, 2.45) is 5.10 Å². The molecule has 0 aliphatic carbocycles. The van der Waals surface area contributed by atoms with Crippen molar-refractivity contribution < 1.29 is 9.53 Å². The molecule has 0 saturated heterocycles. The molecule has 1 N–H and O–H groups in total. The second-order valence-electron chi connectivity index (χ2n) is 5.07. The van der Waals surface area contributed by atoms with Crippen molar-refractivity contribution >= 4 is 22.4 Å². The van der Waals surface area contributed by atoms with Gasteiger partial charge in [0.2, 0.25) is 10.9 Å². The average molecular weight is 322 g/mol. The van der Waals surface area contributed by atoms with Crippen molar-refractivity contribution in [3.8, 4) is 0 Å². The van der Waals surface area contributed by atoms with Crippen LogP contribution in [-0.2, 0) is 4.74 Å². The molecule has 0 spiro atoms. The summed E-state index contributed by atoms with van der Waals surface area (Å²) in [7, 11) is 0. The number of anilines is 1. The van der Waals surface area contributed by atoms with Crippen molar-refractivity contribution in [1.29, 1.82) is 0 Å². The molecule has 0 aliphatic heterocycles. The van der Waals surface area contributed by atoms with Gasteiger partial charge in [-0.25, -0.2) is 4.79 Å². The third kappa shape index (κ3) is 2.81. The van der Waals surface area contributed by atoms with Gasteiger partial charge in [0.1, 0.15) is 0 Å². The Bertz CT molecular complexity index is 995. The summed E-state index contributed by atoms with van der Waals surface area (Å²) in [5, 5.41) is 4.51. The third-order valence-corrected chi connectivity index (χ3v) is 3.54. The van der Waals surface area contributed by atoms with Crippen LogP contribution in [0.4, 0.5) is 5.69 Å². The quantitative estimate of drug-likeness (QED) is 0.582. The second kappa shape index (κ2) is 6.45. The van der Waals surface area contributed by atoms with Crippen LogP contribution in [0.3, 0.4) is 0 Å². The molecule has 0 aromatic heterocycles. The van der Waals surface area contributed by atoms with Gasteiger partial charge < -0.3 is 4.74 Å². The Balaban J connectivity index is 1.90. The van der Waals surface area contributed by atoms with Crippen LogP contribution in [0.2, 0.25) is 0 Å². The van der Waals surface area contributed by atoms with Gasteiger partial charge in [0.15, 0.2) is 5.36 Å². The van der Waals surface area contributed by atoms with E-state index < -0.39 is 16.8 Å². The molecule has 3 rings (SSSR count). The number of fused-ring (bicyclic) bond motifs is 1. The number of ether oxygens (including phenoxy) is 1.